The van der Waals surface area contributed by atoms with Gasteiger partial charge in [0.15, 0.2) is 0 Å². The van der Waals surface area contributed by atoms with Crippen molar-refractivity contribution >= 4 is 11.6 Å². The standard InChI is InChI=1S/C15H14ClFO2/c1-2-19-12-6-3-10(4-7-12)15(18)13-8-5-11(16)9-14(13)17/h3-9,15,18H,2H2,1H3. The molecule has 0 aliphatic heterocycles. The highest BCUT2D eigenvalue weighted by molar-refractivity contribution is 6.30. The number of aliphatic hydroxyl groups is 1. The Kier molecular flexibility index (Phi) is 4.40. The Labute approximate surface area is 116 Å². The lowest BCUT2D eigenvalue weighted by Crippen LogP contribution is -2.02. The van der Waals surface area contributed by atoms with Crippen LogP contribution in [0.5, 0.6) is 5.75 Å². The van der Waals surface area contributed by atoms with E-state index in [1.807, 2.05) is 6.92 Å². The zero-order valence-electron chi connectivity index (χ0n) is 10.4. The summed E-state index contributed by atoms with van der Waals surface area (Å²) in [5.74, 6) is 0.198. The zero-order chi connectivity index (χ0) is 13.8. The second-order valence-corrected chi connectivity index (χ2v) is 4.51. The predicted molar refractivity (Wildman–Crippen MR) is 73.1 cm³/mol. The molecule has 0 spiro atoms. The number of halogens is 2. The molecule has 0 amide bonds. The number of ether oxygens (including phenoxy) is 1. The topological polar surface area (TPSA) is 29.5 Å². The maximum absolute atomic E-state index is 13.7. The van der Waals surface area contributed by atoms with Gasteiger partial charge in [0, 0.05) is 10.6 Å². The minimum absolute atomic E-state index is 0.202. The van der Waals surface area contributed by atoms with Crippen molar-refractivity contribution < 1.29 is 14.2 Å². The number of aliphatic hydroxyl groups excluding tert-OH is 1. The maximum atomic E-state index is 13.7. The van der Waals surface area contributed by atoms with Gasteiger partial charge in [-0.15, -0.1) is 0 Å². The van der Waals surface area contributed by atoms with E-state index < -0.39 is 11.9 Å². The van der Waals surface area contributed by atoms with Crippen molar-refractivity contribution in [2.24, 2.45) is 0 Å². The molecule has 1 N–H and O–H groups in total. The maximum Gasteiger partial charge on any atom is 0.130 e. The highest BCUT2D eigenvalue weighted by atomic mass is 35.5. The van der Waals surface area contributed by atoms with Gasteiger partial charge in [-0.3, -0.25) is 0 Å². The van der Waals surface area contributed by atoms with Crippen molar-refractivity contribution in [1.29, 1.82) is 0 Å². The van der Waals surface area contributed by atoms with Gasteiger partial charge in [0.2, 0.25) is 0 Å². The smallest absolute Gasteiger partial charge is 0.130 e. The molecule has 0 heterocycles. The number of benzene rings is 2. The van der Waals surface area contributed by atoms with Crippen LogP contribution in [-0.4, -0.2) is 11.7 Å². The van der Waals surface area contributed by atoms with Gasteiger partial charge >= 0.3 is 0 Å². The van der Waals surface area contributed by atoms with Gasteiger partial charge in [0.05, 0.1) is 6.61 Å². The molecule has 0 saturated carbocycles. The van der Waals surface area contributed by atoms with Gasteiger partial charge in [-0.1, -0.05) is 29.8 Å². The van der Waals surface area contributed by atoms with Gasteiger partial charge in [0.1, 0.15) is 17.7 Å². The molecular formula is C15H14ClFO2. The van der Waals surface area contributed by atoms with Crippen molar-refractivity contribution in [2.45, 2.75) is 13.0 Å². The Morgan fingerprint density at radius 1 is 1.21 bits per heavy atom. The van der Waals surface area contributed by atoms with Gasteiger partial charge < -0.3 is 9.84 Å². The molecule has 0 fully saturated rings. The van der Waals surface area contributed by atoms with Crippen molar-refractivity contribution in [3.8, 4) is 5.75 Å². The molecule has 0 radical (unpaired) electrons. The molecule has 1 atom stereocenters. The third-order valence-corrected chi connectivity index (χ3v) is 3.00. The fraction of sp³-hybridized carbons (Fsp3) is 0.200. The van der Waals surface area contributed by atoms with E-state index in [9.17, 15) is 9.50 Å². The molecule has 2 nitrogen and oxygen atoms in total. The first-order valence-corrected chi connectivity index (χ1v) is 6.35. The monoisotopic (exact) mass is 280 g/mol. The second kappa shape index (κ2) is 6.04. The molecule has 0 aromatic heterocycles. The summed E-state index contributed by atoms with van der Waals surface area (Å²) in [4.78, 5) is 0. The highest BCUT2D eigenvalue weighted by Crippen LogP contribution is 2.27. The summed E-state index contributed by atoms with van der Waals surface area (Å²) in [5, 5.41) is 10.5. The molecule has 0 saturated heterocycles. The molecule has 0 aliphatic rings. The largest absolute Gasteiger partial charge is 0.494 e. The normalized spacial score (nSPS) is 12.2. The molecule has 19 heavy (non-hydrogen) atoms. The summed E-state index contributed by atoms with van der Waals surface area (Å²) in [5.41, 5.74) is 0.804. The van der Waals surface area contributed by atoms with Crippen LogP contribution in [0.3, 0.4) is 0 Å². The third kappa shape index (κ3) is 3.25. The van der Waals surface area contributed by atoms with Crippen molar-refractivity contribution in [3.05, 3.63) is 64.4 Å². The Balaban J connectivity index is 2.25. The third-order valence-electron chi connectivity index (χ3n) is 2.76. The Hall–Kier alpha value is -1.58. The lowest BCUT2D eigenvalue weighted by atomic mass is 10.0. The summed E-state index contributed by atoms with van der Waals surface area (Å²) in [6.45, 7) is 2.47. The fourth-order valence-electron chi connectivity index (χ4n) is 1.82. The first-order chi connectivity index (χ1) is 9.11. The van der Waals surface area contributed by atoms with Crippen molar-refractivity contribution in [2.75, 3.05) is 6.61 Å². The van der Waals surface area contributed by atoms with Crippen LogP contribution in [0.25, 0.3) is 0 Å². The summed E-state index contributed by atoms with van der Waals surface area (Å²) < 4.78 is 19.0. The van der Waals surface area contributed by atoms with E-state index >= 15 is 0 Å². The van der Waals surface area contributed by atoms with Crippen LogP contribution in [0.1, 0.15) is 24.2 Å². The Morgan fingerprint density at radius 3 is 2.47 bits per heavy atom. The van der Waals surface area contributed by atoms with E-state index in [1.165, 1.54) is 12.1 Å². The van der Waals surface area contributed by atoms with Gasteiger partial charge in [-0.05, 0) is 36.8 Å². The van der Waals surface area contributed by atoms with E-state index in [0.717, 1.165) is 5.75 Å². The average Bonchev–Trinajstić information content (AvgIpc) is 2.39. The predicted octanol–water partition coefficient (Wildman–Crippen LogP) is 3.96. The molecule has 0 bridgehead atoms. The van der Waals surface area contributed by atoms with Crippen LogP contribution in [0.4, 0.5) is 4.39 Å². The van der Waals surface area contributed by atoms with Crippen LogP contribution in [0.15, 0.2) is 42.5 Å². The van der Waals surface area contributed by atoms with E-state index in [-0.39, 0.29) is 5.56 Å². The molecule has 0 aliphatic carbocycles. The summed E-state index contributed by atoms with van der Waals surface area (Å²) in [6.07, 6.45) is -1.02. The number of rotatable bonds is 4. The average molecular weight is 281 g/mol. The highest BCUT2D eigenvalue weighted by Gasteiger charge is 2.15. The van der Waals surface area contributed by atoms with E-state index in [4.69, 9.17) is 16.3 Å². The molecule has 2 aromatic carbocycles. The molecule has 4 heteroatoms. The summed E-state index contributed by atoms with van der Waals surface area (Å²) in [7, 11) is 0. The van der Waals surface area contributed by atoms with Gasteiger partial charge in [0.25, 0.3) is 0 Å². The molecule has 2 rings (SSSR count). The summed E-state index contributed by atoms with van der Waals surface area (Å²) >= 11 is 5.69. The second-order valence-electron chi connectivity index (χ2n) is 4.07. The molecule has 100 valence electrons. The minimum Gasteiger partial charge on any atom is -0.494 e. The van der Waals surface area contributed by atoms with E-state index in [1.54, 1.807) is 30.3 Å². The SMILES string of the molecule is CCOc1ccc(C(O)c2ccc(Cl)cc2F)cc1. The molecular weight excluding hydrogens is 267 g/mol. The fourth-order valence-corrected chi connectivity index (χ4v) is 1.97. The number of hydrogen-bond acceptors (Lipinski definition) is 2. The van der Waals surface area contributed by atoms with E-state index in [0.29, 0.717) is 17.2 Å². The van der Waals surface area contributed by atoms with Crippen LogP contribution in [0.2, 0.25) is 5.02 Å². The lowest BCUT2D eigenvalue weighted by molar-refractivity contribution is 0.215. The molecule has 2 aromatic rings. The van der Waals surface area contributed by atoms with Crippen molar-refractivity contribution in [1.82, 2.24) is 0 Å². The number of hydrogen-bond donors (Lipinski definition) is 1. The molecule has 1 unspecified atom stereocenters. The van der Waals surface area contributed by atoms with E-state index in [2.05, 4.69) is 0 Å². The van der Waals surface area contributed by atoms with Gasteiger partial charge in [-0.2, -0.15) is 0 Å². The Morgan fingerprint density at radius 2 is 1.89 bits per heavy atom. The van der Waals surface area contributed by atoms with Crippen LogP contribution in [0, 0.1) is 5.82 Å². The first kappa shape index (κ1) is 13.8. The Bertz CT molecular complexity index is 555. The van der Waals surface area contributed by atoms with Crippen LogP contribution in [-0.2, 0) is 0 Å². The lowest BCUT2D eigenvalue weighted by Gasteiger charge is -2.13. The quantitative estimate of drug-likeness (QED) is 0.918. The first-order valence-electron chi connectivity index (χ1n) is 5.97. The van der Waals surface area contributed by atoms with Crippen molar-refractivity contribution in [3.63, 3.8) is 0 Å². The van der Waals surface area contributed by atoms with Crippen LogP contribution < -0.4 is 4.74 Å². The van der Waals surface area contributed by atoms with Crippen LogP contribution >= 0.6 is 11.6 Å². The van der Waals surface area contributed by atoms with Gasteiger partial charge in [-0.25, -0.2) is 4.39 Å². The zero-order valence-corrected chi connectivity index (χ0v) is 11.2. The minimum atomic E-state index is -1.02. The summed E-state index contributed by atoms with van der Waals surface area (Å²) in [6, 6.07) is 11.1.